The maximum atomic E-state index is 14.2. The molecule has 7 nitrogen and oxygen atoms in total. The fraction of sp³-hybridized carbons (Fsp3) is 0.211. The minimum Gasteiger partial charge on any atom is -0.493 e. The number of nitrogens with zero attached hydrogens (tertiary/aromatic N) is 3. The highest BCUT2D eigenvalue weighted by Gasteiger charge is 2.13. The number of hydrogen-bond donors (Lipinski definition) is 2. The first-order chi connectivity index (χ1) is 13.2. The Morgan fingerprint density at radius 2 is 1.96 bits per heavy atom. The van der Waals surface area contributed by atoms with E-state index < -0.39 is 5.82 Å². The van der Waals surface area contributed by atoms with Crippen molar-refractivity contribution in [1.82, 2.24) is 15.0 Å². The highest BCUT2D eigenvalue weighted by atomic mass is 19.1. The van der Waals surface area contributed by atoms with Gasteiger partial charge in [0.25, 0.3) is 0 Å². The van der Waals surface area contributed by atoms with Crippen LogP contribution in [-0.4, -0.2) is 28.7 Å². The van der Waals surface area contributed by atoms with E-state index in [4.69, 9.17) is 9.47 Å². The number of methoxy groups -OCH3 is 1. The summed E-state index contributed by atoms with van der Waals surface area (Å²) < 4.78 is 24.8. The highest BCUT2D eigenvalue weighted by molar-refractivity contribution is 5.62. The topological polar surface area (TPSA) is 81.2 Å². The van der Waals surface area contributed by atoms with Gasteiger partial charge < -0.3 is 20.1 Å². The zero-order chi connectivity index (χ0) is 18.6. The summed E-state index contributed by atoms with van der Waals surface area (Å²) in [7, 11) is 1.54. The molecule has 1 aromatic carbocycles. The van der Waals surface area contributed by atoms with E-state index in [-0.39, 0.29) is 11.8 Å². The molecule has 4 rings (SSSR count). The molecule has 3 aromatic rings. The summed E-state index contributed by atoms with van der Waals surface area (Å²) >= 11 is 0. The third kappa shape index (κ3) is 3.89. The minimum absolute atomic E-state index is 0.0886. The number of aryl methyl sites for hydroxylation is 1. The van der Waals surface area contributed by atoms with E-state index in [9.17, 15) is 4.39 Å². The number of rotatable bonds is 5. The Morgan fingerprint density at radius 3 is 2.78 bits per heavy atom. The molecule has 138 valence electrons. The van der Waals surface area contributed by atoms with E-state index in [0.717, 1.165) is 42.6 Å². The third-order valence-electron chi connectivity index (χ3n) is 4.12. The standard InChI is InChI=1S/C19H18FN5O2/c1-26-17-7-5-14(10-21-17)24-19-22-11-15(20)18(25-19)23-13-4-6-16-12(9-13)3-2-8-27-16/h4-7,9-11H,2-3,8H2,1H3,(H2,22,23,24,25). The fourth-order valence-corrected chi connectivity index (χ4v) is 2.79. The molecule has 0 amide bonds. The van der Waals surface area contributed by atoms with Crippen molar-refractivity contribution in [3.8, 4) is 11.6 Å². The third-order valence-corrected chi connectivity index (χ3v) is 4.12. The molecule has 1 aliphatic rings. The Labute approximate surface area is 155 Å². The Kier molecular flexibility index (Phi) is 4.69. The van der Waals surface area contributed by atoms with Crippen molar-refractivity contribution in [3.63, 3.8) is 0 Å². The zero-order valence-corrected chi connectivity index (χ0v) is 14.7. The Balaban J connectivity index is 1.53. The van der Waals surface area contributed by atoms with Gasteiger partial charge in [0.2, 0.25) is 11.8 Å². The van der Waals surface area contributed by atoms with Gasteiger partial charge in [-0.1, -0.05) is 0 Å². The maximum Gasteiger partial charge on any atom is 0.229 e. The largest absolute Gasteiger partial charge is 0.493 e. The van der Waals surface area contributed by atoms with E-state index in [2.05, 4.69) is 25.6 Å². The number of ether oxygens (including phenoxy) is 2. The predicted molar refractivity (Wildman–Crippen MR) is 99.6 cm³/mol. The maximum absolute atomic E-state index is 14.2. The highest BCUT2D eigenvalue weighted by Crippen LogP contribution is 2.29. The average Bonchev–Trinajstić information content (AvgIpc) is 2.71. The number of halogens is 1. The lowest BCUT2D eigenvalue weighted by Gasteiger charge is -2.18. The predicted octanol–water partition coefficient (Wildman–Crippen LogP) is 3.83. The lowest BCUT2D eigenvalue weighted by atomic mass is 10.1. The molecule has 0 bridgehead atoms. The van der Waals surface area contributed by atoms with E-state index in [1.807, 2.05) is 18.2 Å². The van der Waals surface area contributed by atoms with Gasteiger partial charge in [-0.05, 0) is 42.7 Å². The van der Waals surface area contributed by atoms with Gasteiger partial charge >= 0.3 is 0 Å². The zero-order valence-electron chi connectivity index (χ0n) is 14.7. The van der Waals surface area contributed by atoms with Gasteiger partial charge in [0, 0.05) is 11.8 Å². The molecular weight excluding hydrogens is 349 g/mol. The normalized spacial score (nSPS) is 12.7. The number of aromatic nitrogens is 3. The Hall–Kier alpha value is -3.42. The molecule has 0 radical (unpaired) electrons. The van der Waals surface area contributed by atoms with Crippen LogP contribution in [0.1, 0.15) is 12.0 Å². The Morgan fingerprint density at radius 1 is 1.07 bits per heavy atom. The number of anilines is 4. The molecule has 0 saturated heterocycles. The minimum atomic E-state index is -0.539. The monoisotopic (exact) mass is 367 g/mol. The number of fused-ring (bicyclic) bond motifs is 1. The second kappa shape index (κ2) is 7.45. The van der Waals surface area contributed by atoms with Gasteiger partial charge in [0.1, 0.15) is 5.75 Å². The van der Waals surface area contributed by atoms with Crippen LogP contribution in [0, 0.1) is 5.82 Å². The van der Waals surface area contributed by atoms with Gasteiger partial charge in [-0.25, -0.2) is 14.4 Å². The first-order valence-corrected chi connectivity index (χ1v) is 8.53. The molecule has 0 saturated carbocycles. The molecular formula is C19H18FN5O2. The first-order valence-electron chi connectivity index (χ1n) is 8.53. The average molecular weight is 367 g/mol. The molecule has 0 aliphatic carbocycles. The molecule has 2 N–H and O–H groups in total. The summed E-state index contributed by atoms with van der Waals surface area (Å²) in [5.41, 5.74) is 2.51. The fourth-order valence-electron chi connectivity index (χ4n) is 2.79. The molecule has 27 heavy (non-hydrogen) atoms. The summed E-state index contributed by atoms with van der Waals surface area (Å²) in [6.07, 6.45) is 4.62. The van der Waals surface area contributed by atoms with Gasteiger partial charge in [-0.3, -0.25) is 0 Å². The lowest BCUT2D eigenvalue weighted by molar-refractivity contribution is 0.288. The van der Waals surface area contributed by atoms with Crippen LogP contribution < -0.4 is 20.1 Å². The first kappa shape index (κ1) is 17.0. The second-order valence-corrected chi connectivity index (χ2v) is 6.00. The van der Waals surface area contributed by atoms with E-state index >= 15 is 0 Å². The van der Waals surface area contributed by atoms with Crippen molar-refractivity contribution in [2.45, 2.75) is 12.8 Å². The summed E-state index contributed by atoms with van der Waals surface area (Å²) in [5, 5.41) is 6.00. The van der Waals surface area contributed by atoms with Crippen molar-refractivity contribution < 1.29 is 13.9 Å². The van der Waals surface area contributed by atoms with E-state index in [1.54, 1.807) is 25.4 Å². The van der Waals surface area contributed by atoms with Crippen molar-refractivity contribution >= 4 is 23.1 Å². The van der Waals surface area contributed by atoms with Crippen LogP contribution in [0.4, 0.5) is 27.5 Å². The smallest absolute Gasteiger partial charge is 0.229 e. The van der Waals surface area contributed by atoms with Crippen LogP contribution in [0.15, 0.2) is 42.7 Å². The van der Waals surface area contributed by atoms with Gasteiger partial charge in [0.15, 0.2) is 11.6 Å². The van der Waals surface area contributed by atoms with Crippen LogP contribution in [0.2, 0.25) is 0 Å². The number of benzene rings is 1. The van der Waals surface area contributed by atoms with Crippen molar-refractivity contribution in [2.75, 3.05) is 24.4 Å². The van der Waals surface area contributed by atoms with Crippen LogP contribution in [-0.2, 0) is 6.42 Å². The van der Waals surface area contributed by atoms with Crippen molar-refractivity contribution in [3.05, 3.63) is 54.1 Å². The molecule has 3 heterocycles. The second-order valence-electron chi connectivity index (χ2n) is 6.00. The van der Waals surface area contributed by atoms with Crippen LogP contribution in [0.25, 0.3) is 0 Å². The Bertz CT molecular complexity index is 949. The van der Waals surface area contributed by atoms with E-state index in [0.29, 0.717) is 11.6 Å². The van der Waals surface area contributed by atoms with Gasteiger partial charge in [-0.2, -0.15) is 4.98 Å². The number of hydrogen-bond acceptors (Lipinski definition) is 7. The quantitative estimate of drug-likeness (QED) is 0.709. The number of pyridine rings is 1. The van der Waals surface area contributed by atoms with Crippen molar-refractivity contribution in [2.24, 2.45) is 0 Å². The lowest BCUT2D eigenvalue weighted by Crippen LogP contribution is -2.09. The van der Waals surface area contributed by atoms with Crippen LogP contribution in [0.5, 0.6) is 11.6 Å². The molecule has 0 atom stereocenters. The molecule has 1 aliphatic heterocycles. The van der Waals surface area contributed by atoms with Gasteiger partial charge in [-0.15, -0.1) is 0 Å². The van der Waals surface area contributed by atoms with Gasteiger partial charge in [0.05, 0.1) is 31.8 Å². The summed E-state index contributed by atoms with van der Waals surface area (Å²) in [5.74, 6) is 1.18. The number of nitrogens with one attached hydrogen (secondary N) is 2. The molecule has 8 heteroatoms. The summed E-state index contributed by atoms with van der Waals surface area (Å²) in [6, 6.07) is 9.16. The summed E-state index contributed by atoms with van der Waals surface area (Å²) in [4.78, 5) is 12.3. The molecule has 0 fully saturated rings. The molecule has 0 unspecified atom stereocenters. The molecule has 2 aromatic heterocycles. The van der Waals surface area contributed by atoms with Crippen molar-refractivity contribution in [1.29, 1.82) is 0 Å². The van der Waals surface area contributed by atoms with Crippen LogP contribution in [0.3, 0.4) is 0 Å². The van der Waals surface area contributed by atoms with E-state index in [1.165, 1.54) is 0 Å². The summed E-state index contributed by atoms with van der Waals surface area (Å²) in [6.45, 7) is 0.732. The van der Waals surface area contributed by atoms with Crippen LogP contribution >= 0.6 is 0 Å². The SMILES string of the molecule is COc1ccc(Nc2ncc(F)c(Nc3ccc4c(c3)CCCO4)n2)cn1. The molecule has 0 spiro atoms.